The van der Waals surface area contributed by atoms with Crippen molar-refractivity contribution >= 4 is 11.9 Å². The van der Waals surface area contributed by atoms with Gasteiger partial charge in [0, 0.05) is 26.3 Å². The van der Waals surface area contributed by atoms with Crippen LogP contribution in [-0.2, 0) is 20.7 Å². The average molecular weight is 343 g/mol. The van der Waals surface area contributed by atoms with Crippen LogP contribution in [0, 0.1) is 17.6 Å². The number of carbonyl (C=O) groups excluding carboxylic acids is 1. The lowest BCUT2D eigenvalue weighted by Crippen LogP contribution is -2.39. The van der Waals surface area contributed by atoms with Crippen LogP contribution in [-0.4, -0.2) is 48.2 Å². The van der Waals surface area contributed by atoms with Gasteiger partial charge in [0.2, 0.25) is 5.91 Å². The van der Waals surface area contributed by atoms with Gasteiger partial charge < -0.3 is 14.7 Å². The normalized spacial score (nSPS) is 12.0. The van der Waals surface area contributed by atoms with Crippen molar-refractivity contribution in [2.24, 2.45) is 5.92 Å². The van der Waals surface area contributed by atoms with Gasteiger partial charge in [-0.25, -0.2) is 8.78 Å². The van der Waals surface area contributed by atoms with Crippen molar-refractivity contribution in [2.45, 2.75) is 26.7 Å². The van der Waals surface area contributed by atoms with Gasteiger partial charge >= 0.3 is 5.97 Å². The number of aliphatic carboxylic acids is 1. The monoisotopic (exact) mass is 343 g/mol. The first-order valence-corrected chi connectivity index (χ1v) is 7.87. The van der Waals surface area contributed by atoms with Crippen LogP contribution in [0.2, 0.25) is 0 Å². The van der Waals surface area contributed by atoms with E-state index in [2.05, 4.69) is 0 Å². The van der Waals surface area contributed by atoms with E-state index in [4.69, 9.17) is 9.84 Å². The van der Waals surface area contributed by atoms with Crippen molar-refractivity contribution in [3.63, 3.8) is 0 Å². The molecule has 7 heteroatoms. The maximum absolute atomic E-state index is 13.2. The zero-order valence-corrected chi connectivity index (χ0v) is 13.9. The summed E-state index contributed by atoms with van der Waals surface area (Å²) in [6.07, 6.45) is 0.460. The van der Waals surface area contributed by atoms with Crippen LogP contribution in [0.4, 0.5) is 8.78 Å². The Hall–Kier alpha value is -2.02. The molecule has 1 N–H and O–H groups in total. The Morgan fingerprint density at radius 1 is 1.29 bits per heavy atom. The lowest BCUT2D eigenvalue weighted by atomic mass is 10.1. The summed E-state index contributed by atoms with van der Waals surface area (Å²) in [5.41, 5.74) is 0.344. The Kier molecular flexibility index (Phi) is 8.32. The number of amides is 1. The van der Waals surface area contributed by atoms with E-state index in [0.717, 1.165) is 12.1 Å². The zero-order chi connectivity index (χ0) is 18.1. The lowest BCUT2D eigenvalue weighted by Gasteiger charge is -2.24. The van der Waals surface area contributed by atoms with E-state index >= 15 is 0 Å². The predicted octanol–water partition coefficient (Wildman–Crippen LogP) is 2.48. The Morgan fingerprint density at radius 2 is 2.00 bits per heavy atom. The third kappa shape index (κ3) is 6.62. The molecule has 1 rings (SSSR count). The molecule has 134 valence electrons. The summed E-state index contributed by atoms with van der Waals surface area (Å²) < 4.78 is 31.4. The molecule has 0 bridgehead atoms. The third-order valence-corrected chi connectivity index (χ3v) is 3.53. The number of nitrogens with zero attached hydrogens (tertiary/aromatic N) is 1. The number of halogens is 2. The molecule has 0 saturated heterocycles. The van der Waals surface area contributed by atoms with Crippen LogP contribution in [0.15, 0.2) is 18.2 Å². The van der Waals surface area contributed by atoms with E-state index in [1.807, 2.05) is 6.92 Å². The molecule has 1 atom stereocenters. The highest BCUT2D eigenvalue weighted by Crippen LogP contribution is 2.11. The van der Waals surface area contributed by atoms with E-state index in [1.54, 1.807) is 0 Å². The fourth-order valence-corrected chi connectivity index (χ4v) is 2.16. The van der Waals surface area contributed by atoms with Crippen molar-refractivity contribution < 1.29 is 28.2 Å². The minimum atomic E-state index is -1.01. The molecule has 0 aliphatic heterocycles. The molecule has 1 amide bonds. The standard InChI is InChI=1S/C17H23F2NO4/c1-3-24-8-4-7-20(11-12(2)17(22)23)16(21)10-13-5-6-14(18)15(19)9-13/h5-6,9,12H,3-4,7-8,10-11H2,1-2H3,(H,22,23). The van der Waals surface area contributed by atoms with Gasteiger partial charge in [0.15, 0.2) is 11.6 Å². The number of hydrogen-bond donors (Lipinski definition) is 1. The van der Waals surface area contributed by atoms with Gasteiger partial charge in [0.05, 0.1) is 12.3 Å². The molecule has 0 radical (unpaired) electrons. The second kappa shape index (κ2) is 9.97. The summed E-state index contributed by atoms with van der Waals surface area (Å²) in [7, 11) is 0. The summed E-state index contributed by atoms with van der Waals surface area (Å²) >= 11 is 0. The molecule has 1 unspecified atom stereocenters. The molecule has 0 aromatic heterocycles. The summed E-state index contributed by atoms with van der Waals surface area (Å²) in [4.78, 5) is 24.9. The molecular weight excluding hydrogens is 320 g/mol. The van der Waals surface area contributed by atoms with Gasteiger partial charge in [0.25, 0.3) is 0 Å². The molecule has 0 aliphatic carbocycles. The van der Waals surface area contributed by atoms with E-state index < -0.39 is 23.5 Å². The molecule has 0 fully saturated rings. The molecule has 0 heterocycles. The topological polar surface area (TPSA) is 66.8 Å². The van der Waals surface area contributed by atoms with Crippen molar-refractivity contribution in [3.05, 3.63) is 35.4 Å². The molecule has 0 saturated carbocycles. The molecule has 1 aromatic carbocycles. The summed E-state index contributed by atoms with van der Waals surface area (Å²) in [5, 5.41) is 9.03. The van der Waals surface area contributed by atoms with E-state index in [-0.39, 0.29) is 18.9 Å². The van der Waals surface area contributed by atoms with E-state index in [1.165, 1.54) is 17.9 Å². The van der Waals surface area contributed by atoms with Crippen LogP contribution in [0.25, 0.3) is 0 Å². The second-order valence-corrected chi connectivity index (χ2v) is 5.55. The average Bonchev–Trinajstić information content (AvgIpc) is 2.53. The Morgan fingerprint density at radius 3 is 2.58 bits per heavy atom. The van der Waals surface area contributed by atoms with Crippen LogP contribution in [0.1, 0.15) is 25.8 Å². The molecule has 0 spiro atoms. The highest BCUT2D eigenvalue weighted by atomic mass is 19.2. The fraction of sp³-hybridized carbons (Fsp3) is 0.529. The van der Waals surface area contributed by atoms with Gasteiger partial charge in [-0.2, -0.15) is 0 Å². The van der Waals surface area contributed by atoms with Crippen LogP contribution < -0.4 is 0 Å². The molecule has 0 aliphatic rings. The first kappa shape index (κ1) is 20.0. The van der Waals surface area contributed by atoms with Crippen LogP contribution >= 0.6 is 0 Å². The third-order valence-electron chi connectivity index (χ3n) is 3.53. The zero-order valence-electron chi connectivity index (χ0n) is 13.9. The second-order valence-electron chi connectivity index (χ2n) is 5.55. The number of carboxylic acids is 1. The van der Waals surface area contributed by atoms with Gasteiger partial charge in [0.1, 0.15) is 0 Å². The minimum Gasteiger partial charge on any atom is -0.481 e. The highest BCUT2D eigenvalue weighted by molar-refractivity contribution is 5.79. The number of ether oxygens (including phenoxy) is 1. The minimum absolute atomic E-state index is 0.0595. The number of benzene rings is 1. The SMILES string of the molecule is CCOCCCN(CC(C)C(=O)O)C(=O)Cc1ccc(F)c(F)c1. The first-order valence-electron chi connectivity index (χ1n) is 7.87. The molecule has 24 heavy (non-hydrogen) atoms. The van der Waals surface area contributed by atoms with Gasteiger partial charge in [-0.15, -0.1) is 0 Å². The number of hydrogen-bond acceptors (Lipinski definition) is 3. The number of carbonyl (C=O) groups is 2. The van der Waals surface area contributed by atoms with Gasteiger partial charge in [-0.3, -0.25) is 9.59 Å². The first-order chi connectivity index (χ1) is 11.3. The fourth-order valence-electron chi connectivity index (χ4n) is 2.16. The van der Waals surface area contributed by atoms with Crippen molar-refractivity contribution in [2.75, 3.05) is 26.3 Å². The number of rotatable bonds is 10. The smallest absolute Gasteiger partial charge is 0.308 e. The molecular formula is C17H23F2NO4. The summed E-state index contributed by atoms with van der Waals surface area (Å²) in [5.74, 6) is -4.02. The van der Waals surface area contributed by atoms with Crippen molar-refractivity contribution in [1.29, 1.82) is 0 Å². The van der Waals surface area contributed by atoms with Crippen molar-refractivity contribution in [3.8, 4) is 0 Å². The van der Waals surface area contributed by atoms with E-state index in [0.29, 0.717) is 31.7 Å². The van der Waals surface area contributed by atoms with Gasteiger partial charge in [-0.1, -0.05) is 13.0 Å². The molecule has 5 nitrogen and oxygen atoms in total. The van der Waals surface area contributed by atoms with Gasteiger partial charge in [-0.05, 0) is 31.0 Å². The van der Waals surface area contributed by atoms with Crippen LogP contribution in [0.3, 0.4) is 0 Å². The Balaban J connectivity index is 2.73. The number of carboxylic acid groups (broad SMARTS) is 1. The van der Waals surface area contributed by atoms with Crippen LogP contribution in [0.5, 0.6) is 0 Å². The summed E-state index contributed by atoms with van der Waals surface area (Å²) in [6.45, 7) is 4.81. The quantitative estimate of drug-likeness (QED) is 0.663. The lowest BCUT2D eigenvalue weighted by molar-refractivity contribution is -0.143. The maximum Gasteiger partial charge on any atom is 0.308 e. The Labute approximate surface area is 140 Å². The van der Waals surface area contributed by atoms with E-state index in [9.17, 15) is 18.4 Å². The predicted molar refractivity (Wildman–Crippen MR) is 84.6 cm³/mol. The Bertz CT molecular complexity index is 566. The van der Waals surface area contributed by atoms with Crippen molar-refractivity contribution in [1.82, 2.24) is 4.90 Å². The summed E-state index contributed by atoms with van der Waals surface area (Å²) in [6, 6.07) is 3.29. The highest BCUT2D eigenvalue weighted by Gasteiger charge is 2.21. The molecule has 1 aromatic rings. The maximum atomic E-state index is 13.2. The largest absolute Gasteiger partial charge is 0.481 e.